The first kappa shape index (κ1) is 19.0. The lowest BCUT2D eigenvalue weighted by molar-refractivity contribution is 0.280. The van der Waals surface area contributed by atoms with Gasteiger partial charge in [-0.3, -0.25) is 4.98 Å². The minimum absolute atomic E-state index is 0.0927. The molecule has 0 spiro atoms. The van der Waals surface area contributed by atoms with Gasteiger partial charge in [0.2, 0.25) is 0 Å². The van der Waals surface area contributed by atoms with Crippen LogP contribution in [0.25, 0.3) is 22.4 Å². The summed E-state index contributed by atoms with van der Waals surface area (Å²) in [6.07, 6.45) is 0. The molecular weight excluding hydrogens is 440 g/mol. The van der Waals surface area contributed by atoms with E-state index in [2.05, 4.69) is 29.5 Å². The van der Waals surface area contributed by atoms with E-state index in [1.807, 2.05) is 43.3 Å². The SMILES string of the molecule is Cc1cc(F)ccc1-c1cc(-c2ccccc2)nc(C(C)CI)c1CO. The number of hydrogen-bond donors (Lipinski definition) is 1. The van der Waals surface area contributed by atoms with E-state index < -0.39 is 0 Å². The summed E-state index contributed by atoms with van der Waals surface area (Å²) in [6, 6.07) is 16.8. The van der Waals surface area contributed by atoms with E-state index in [-0.39, 0.29) is 18.3 Å². The molecule has 0 aliphatic rings. The van der Waals surface area contributed by atoms with E-state index in [4.69, 9.17) is 4.98 Å². The molecule has 0 saturated carbocycles. The van der Waals surface area contributed by atoms with E-state index in [0.29, 0.717) is 0 Å². The third-order valence-corrected chi connectivity index (χ3v) is 5.88. The average molecular weight is 461 g/mol. The van der Waals surface area contributed by atoms with Crippen molar-refractivity contribution in [2.24, 2.45) is 0 Å². The van der Waals surface area contributed by atoms with Crippen LogP contribution in [0.5, 0.6) is 0 Å². The zero-order valence-corrected chi connectivity index (χ0v) is 17.0. The minimum atomic E-state index is -0.255. The van der Waals surface area contributed by atoms with Gasteiger partial charge in [-0.1, -0.05) is 65.9 Å². The van der Waals surface area contributed by atoms with Crippen LogP contribution in [0.15, 0.2) is 54.6 Å². The number of aromatic nitrogens is 1. The van der Waals surface area contributed by atoms with Crippen molar-refractivity contribution in [1.82, 2.24) is 4.98 Å². The smallest absolute Gasteiger partial charge is 0.123 e. The zero-order chi connectivity index (χ0) is 18.7. The maximum atomic E-state index is 13.6. The minimum Gasteiger partial charge on any atom is -0.392 e. The van der Waals surface area contributed by atoms with Crippen molar-refractivity contribution < 1.29 is 9.50 Å². The number of nitrogens with zero attached hydrogens (tertiary/aromatic N) is 1. The normalized spacial score (nSPS) is 12.2. The van der Waals surface area contributed by atoms with Crippen molar-refractivity contribution >= 4 is 22.6 Å². The Bertz CT molecular complexity index is 912. The maximum Gasteiger partial charge on any atom is 0.123 e. The Balaban J connectivity index is 2.30. The molecule has 1 heterocycles. The number of aliphatic hydroxyl groups is 1. The van der Waals surface area contributed by atoms with Crippen LogP contribution >= 0.6 is 22.6 Å². The molecule has 1 unspecified atom stereocenters. The quantitative estimate of drug-likeness (QED) is 0.380. The topological polar surface area (TPSA) is 33.1 Å². The molecule has 3 rings (SSSR count). The third kappa shape index (κ3) is 3.81. The third-order valence-electron chi connectivity index (χ3n) is 4.56. The van der Waals surface area contributed by atoms with Crippen LogP contribution in [-0.4, -0.2) is 14.5 Å². The molecule has 4 heteroatoms. The van der Waals surface area contributed by atoms with Crippen molar-refractivity contribution in [3.05, 3.63) is 77.2 Å². The number of benzene rings is 2. The first-order chi connectivity index (χ1) is 12.5. The summed E-state index contributed by atoms with van der Waals surface area (Å²) in [5, 5.41) is 10.1. The molecule has 0 bridgehead atoms. The van der Waals surface area contributed by atoms with Crippen molar-refractivity contribution in [3.8, 4) is 22.4 Å². The van der Waals surface area contributed by atoms with Crippen molar-refractivity contribution in [1.29, 1.82) is 0 Å². The molecule has 2 aromatic carbocycles. The molecule has 134 valence electrons. The molecule has 0 saturated heterocycles. The van der Waals surface area contributed by atoms with Gasteiger partial charge in [-0.2, -0.15) is 0 Å². The van der Waals surface area contributed by atoms with E-state index in [0.717, 1.165) is 43.6 Å². The largest absolute Gasteiger partial charge is 0.392 e. The van der Waals surface area contributed by atoms with Crippen molar-refractivity contribution in [2.75, 3.05) is 4.43 Å². The fourth-order valence-corrected chi connectivity index (χ4v) is 3.58. The second-order valence-electron chi connectivity index (χ2n) is 6.46. The molecule has 0 amide bonds. The molecule has 26 heavy (non-hydrogen) atoms. The Morgan fingerprint density at radius 1 is 1.08 bits per heavy atom. The summed E-state index contributed by atoms with van der Waals surface area (Å²) in [5.74, 6) is -0.0455. The number of aryl methyl sites for hydroxylation is 1. The Labute approximate surface area is 167 Å². The highest BCUT2D eigenvalue weighted by molar-refractivity contribution is 14.1. The van der Waals surface area contributed by atoms with Crippen LogP contribution in [0.1, 0.15) is 29.7 Å². The lowest BCUT2D eigenvalue weighted by Gasteiger charge is -2.19. The Kier molecular flexibility index (Phi) is 6.04. The lowest BCUT2D eigenvalue weighted by Crippen LogP contribution is -2.08. The molecular formula is C22H21FINO. The Hall–Kier alpha value is -1.79. The second-order valence-corrected chi connectivity index (χ2v) is 7.34. The van der Waals surface area contributed by atoms with Gasteiger partial charge < -0.3 is 5.11 Å². The Morgan fingerprint density at radius 3 is 2.42 bits per heavy atom. The van der Waals surface area contributed by atoms with Crippen LogP contribution in [0, 0.1) is 12.7 Å². The van der Waals surface area contributed by atoms with Gasteiger partial charge in [0.25, 0.3) is 0 Å². The zero-order valence-electron chi connectivity index (χ0n) is 14.8. The van der Waals surface area contributed by atoms with Gasteiger partial charge in [-0.25, -0.2) is 4.39 Å². The monoisotopic (exact) mass is 461 g/mol. The van der Waals surface area contributed by atoms with Crippen LogP contribution in [-0.2, 0) is 6.61 Å². The summed E-state index contributed by atoms with van der Waals surface area (Å²) in [7, 11) is 0. The van der Waals surface area contributed by atoms with Gasteiger partial charge in [0, 0.05) is 21.5 Å². The Morgan fingerprint density at radius 2 is 1.81 bits per heavy atom. The number of halogens is 2. The van der Waals surface area contributed by atoms with Gasteiger partial charge in [0.1, 0.15) is 5.82 Å². The van der Waals surface area contributed by atoms with Crippen LogP contribution in [0.2, 0.25) is 0 Å². The van der Waals surface area contributed by atoms with Crippen molar-refractivity contribution in [2.45, 2.75) is 26.4 Å². The number of rotatable bonds is 5. The standard InChI is InChI=1S/C22H21FINO/c1-14-10-17(23)8-9-18(14)19-11-21(16-6-4-3-5-7-16)25-22(15(2)12-24)20(19)13-26/h3-11,15,26H,12-13H2,1-2H3. The summed E-state index contributed by atoms with van der Waals surface area (Å²) >= 11 is 2.34. The summed E-state index contributed by atoms with van der Waals surface area (Å²) in [5.41, 5.74) is 6.32. The maximum absolute atomic E-state index is 13.6. The second kappa shape index (κ2) is 8.27. The molecule has 3 aromatic rings. The fourth-order valence-electron chi connectivity index (χ4n) is 3.16. The van der Waals surface area contributed by atoms with E-state index in [1.165, 1.54) is 12.1 Å². The molecule has 0 fully saturated rings. The highest BCUT2D eigenvalue weighted by atomic mass is 127. The number of pyridine rings is 1. The van der Waals surface area contributed by atoms with Crippen LogP contribution in [0.4, 0.5) is 4.39 Å². The van der Waals surface area contributed by atoms with Gasteiger partial charge in [0.15, 0.2) is 0 Å². The van der Waals surface area contributed by atoms with Gasteiger partial charge in [-0.15, -0.1) is 0 Å². The predicted molar refractivity (Wildman–Crippen MR) is 113 cm³/mol. The van der Waals surface area contributed by atoms with E-state index in [9.17, 15) is 9.50 Å². The summed E-state index contributed by atoms with van der Waals surface area (Å²) < 4.78 is 14.5. The number of alkyl halides is 1. The highest BCUT2D eigenvalue weighted by Crippen LogP contribution is 2.35. The summed E-state index contributed by atoms with van der Waals surface area (Å²) in [6.45, 7) is 3.91. The highest BCUT2D eigenvalue weighted by Gasteiger charge is 2.19. The molecule has 0 aliphatic carbocycles. The molecule has 1 atom stereocenters. The van der Waals surface area contributed by atoms with Crippen LogP contribution in [0.3, 0.4) is 0 Å². The fraction of sp³-hybridized carbons (Fsp3) is 0.227. The van der Waals surface area contributed by atoms with E-state index in [1.54, 1.807) is 6.07 Å². The number of aliphatic hydroxyl groups excluding tert-OH is 1. The molecule has 2 nitrogen and oxygen atoms in total. The molecule has 0 aliphatic heterocycles. The molecule has 1 aromatic heterocycles. The first-order valence-corrected chi connectivity index (χ1v) is 10.1. The van der Waals surface area contributed by atoms with Crippen LogP contribution < -0.4 is 0 Å². The summed E-state index contributed by atoms with van der Waals surface area (Å²) in [4.78, 5) is 4.88. The lowest BCUT2D eigenvalue weighted by atomic mass is 9.91. The van der Waals surface area contributed by atoms with Crippen molar-refractivity contribution in [3.63, 3.8) is 0 Å². The number of hydrogen-bond acceptors (Lipinski definition) is 2. The van der Waals surface area contributed by atoms with Gasteiger partial charge >= 0.3 is 0 Å². The van der Waals surface area contributed by atoms with E-state index >= 15 is 0 Å². The first-order valence-electron chi connectivity index (χ1n) is 8.57. The molecule has 1 N–H and O–H groups in total. The van der Waals surface area contributed by atoms with Gasteiger partial charge in [-0.05, 0) is 41.8 Å². The van der Waals surface area contributed by atoms with Gasteiger partial charge in [0.05, 0.1) is 18.0 Å². The predicted octanol–water partition coefficient (Wildman–Crippen LogP) is 5.89. The average Bonchev–Trinajstić information content (AvgIpc) is 2.67. The molecule has 0 radical (unpaired) electrons.